The van der Waals surface area contributed by atoms with Crippen molar-refractivity contribution in [2.75, 3.05) is 6.61 Å². The molecule has 0 saturated carbocycles. The molecule has 2 N–H and O–H groups in total. The van der Waals surface area contributed by atoms with E-state index in [4.69, 9.17) is 10.5 Å². The Hall–Kier alpha value is -0.380. The highest BCUT2D eigenvalue weighted by Gasteiger charge is 1.98. The van der Waals surface area contributed by atoms with Gasteiger partial charge < -0.3 is 10.5 Å². The summed E-state index contributed by atoms with van der Waals surface area (Å²) in [5.41, 5.74) is 5.54. The van der Waals surface area contributed by atoms with Crippen LogP contribution >= 0.6 is 11.3 Å². The van der Waals surface area contributed by atoms with Crippen LogP contribution in [-0.2, 0) is 17.9 Å². The summed E-state index contributed by atoms with van der Waals surface area (Å²) in [6.45, 7) is 4.49. The van der Waals surface area contributed by atoms with Gasteiger partial charge in [-0.3, -0.25) is 0 Å². The van der Waals surface area contributed by atoms with E-state index >= 15 is 0 Å². The van der Waals surface area contributed by atoms with Crippen molar-refractivity contribution in [1.29, 1.82) is 0 Å². The van der Waals surface area contributed by atoms with Gasteiger partial charge in [0.2, 0.25) is 0 Å². The molecule has 0 spiro atoms. The number of hydrogen-bond donors (Lipinski definition) is 1. The number of thiophene rings is 1. The second-order valence-corrected chi connectivity index (χ2v) is 4.94. The molecule has 0 unspecified atom stereocenters. The zero-order chi connectivity index (χ0) is 10.9. The predicted octanol–water partition coefficient (Wildman–Crippen LogP) is 3.30. The van der Waals surface area contributed by atoms with E-state index in [1.54, 1.807) is 11.3 Å². The molecule has 0 aliphatic carbocycles. The van der Waals surface area contributed by atoms with Gasteiger partial charge in [0, 0.05) is 22.9 Å². The first-order valence-corrected chi connectivity index (χ1v) is 6.54. The highest BCUT2D eigenvalue weighted by Crippen LogP contribution is 2.16. The first-order valence-electron chi connectivity index (χ1n) is 5.72. The van der Waals surface area contributed by atoms with Crippen molar-refractivity contribution in [3.8, 4) is 0 Å². The fourth-order valence-corrected chi connectivity index (χ4v) is 2.25. The minimum absolute atomic E-state index is 0.640. The molecule has 0 aliphatic rings. The van der Waals surface area contributed by atoms with E-state index in [1.807, 2.05) is 0 Å². The van der Waals surface area contributed by atoms with Gasteiger partial charge in [0.25, 0.3) is 0 Å². The monoisotopic (exact) mass is 227 g/mol. The number of ether oxygens (including phenoxy) is 1. The molecule has 0 aromatic carbocycles. The molecule has 3 heteroatoms. The van der Waals surface area contributed by atoms with Crippen molar-refractivity contribution in [2.24, 2.45) is 5.73 Å². The smallest absolute Gasteiger partial charge is 0.0809 e. The van der Waals surface area contributed by atoms with Crippen LogP contribution in [0.1, 0.15) is 42.4 Å². The lowest BCUT2D eigenvalue weighted by Crippen LogP contribution is -1.94. The zero-order valence-corrected chi connectivity index (χ0v) is 10.3. The molecule has 0 bridgehead atoms. The van der Waals surface area contributed by atoms with Crippen LogP contribution in [0, 0.1) is 0 Å². The second-order valence-electron chi connectivity index (χ2n) is 3.69. The van der Waals surface area contributed by atoms with Gasteiger partial charge in [-0.2, -0.15) is 0 Å². The van der Waals surface area contributed by atoms with E-state index in [0.29, 0.717) is 6.54 Å². The van der Waals surface area contributed by atoms with E-state index in [0.717, 1.165) is 13.2 Å². The molecule has 0 amide bonds. The van der Waals surface area contributed by atoms with Gasteiger partial charge in [0.05, 0.1) is 6.61 Å². The lowest BCUT2D eigenvalue weighted by Gasteiger charge is -2.01. The molecule has 86 valence electrons. The Morgan fingerprint density at radius 3 is 2.67 bits per heavy atom. The van der Waals surface area contributed by atoms with E-state index in [9.17, 15) is 0 Å². The average Bonchev–Trinajstić information content (AvgIpc) is 2.71. The van der Waals surface area contributed by atoms with Crippen molar-refractivity contribution >= 4 is 11.3 Å². The van der Waals surface area contributed by atoms with Crippen molar-refractivity contribution < 1.29 is 4.74 Å². The molecule has 15 heavy (non-hydrogen) atoms. The van der Waals surface area contributed by atoms with Crippen LogP contribution in [0.5, 0.6) is 0 Å². The molecular weight excluding hydrogens is 206 g/mol. The fraction of sp³-hybridized carbons (Fsp3) is 0.667. The summed E-state index contributed by atoms with van der Waals surface area (Å²) < 4.78 is 5.59. The first kappa shape index (κ1) is 12.7. The Kier molecular flexibility index (Phi) is 6.64. The Morgan fingerprint density at radius 1 is 1.20 bits per heavy atom. The van der Waals surface area contributed by atoms with Crippen molar-refractivity contribution in [1.82, 2.24) is 0 Å². The van der Waals surface area contributed by atoms with E-state index in [1.165, 1.54) is 35.4 Å². The average molecular weight is 227 g/mol. The maximum atomic E-state index is 5.59. The van der Waals surface area contributed by atoms with Crippen molar-refractivity contribution in [3.63, 3.8) is 0 Å². The van der Waals surface area contributed by atoms with E-state index in [-0.39, 0.29) is 0 Å². The summed E-state index contributed by atoms with van der Waals surface area (Å²) in [6.07, 6.45) is 5.07. The van der Waals surface area contributed by atoms with Gasteiger partial charge in [-0.25, -0.2) is 0 Å². The van der Waals surface area contributed by atoms with Crippen LogP contribution in [0.2, 0.25) is 0 Å². The van der Waals surface area contributed by atoms with Crippen LogP contribution in [0.4, 0.5) is 0 Å². The molecule has 1 aromatic heterocycles. The third-order valence-electron chi connectivity index (χ3n) is 2.31. The molecule has 2 nitrogen and oxygen atoms in total. The molecule has 0 saturated heterocycles. The predicted molar refractivity (Wildman–Crippen MR) is 66.0 cm³/mol. The van der Waals surface area contributed by atoms with Gasteiger partial charge in [0.15, 0.2) is 0 Å². The normalized spacial score (nSPS) is 10.8. The van der Waals surface area contributed by atoms with Crippen molar-refractivity contribution in [3.05, 3.63) is 21.9 Å². The topological polar surface area (TPSA) is 35.2 Å². The van der Waals surface area contributed by atoms with Gasteiger partial charge >= 0.3 is 0 Å². The van der Waals surface area contributed by atoms with Gasteiger partial charge in [-0.15, -0.1) is 11.3 Å². The van der Waals surface area contributed by atoms with Crippen molar-refractivity contribution in [2.45, 2.75) is 45.8 Å². The number of nitrogens with two attached hydrogens (primary N) is 1. The van der Waals surface area contributed by atoms with Crippen LogP contribution < -0.4 is 5.73 Å². The fourth-order valence-electron chi connectivity index (χ4n) is 1.41. The Labute approximate surface area is 96.4 Å². The van der Waals surface area contributed by atoms with Gasteiger partial charge in [-0.05, 0) is 18.6 Å². The van der Waals surface area contributed by atoms with E-state index < -0.39 is 0 Å². The highest BCUT2D eigenvalue weighted by molar-refractivity contribution is 7.11. The number of rotatable bonds is 8. The maximum Gasteiger partial charge on any atom is 0.0809 e. The first-order chi connectivity index (χ1) is 7.36. The summed E-state index contributed by atoms with van der Waals surface area (Å²) in [6, 6.07) is 4.19. The van der Waals surface area contributed by atoms with Crippen LogP contribution in [0.15, 0.2) is 12.1 Å². The number of hydrogen-bond acceptors (Lipinski definition) is 3. The van der Waals surface area contributed by atoms with Gasteiger partial charge in [0.1, 0.15) is 0 Å². The van der Waals surface area contributed by atoms with Crippen LogP contribution in [-0.4, -0.2) is 6.61 Å². The Morgan fingerprint density at radius 2 is 2.00 bits per heavy atom. The molecule has 1 rings (SSSR count). The second kappa shape index (κ2) is 7.85. The summed E-state index contributed by atoms with van der Waals surface area (Å²) >= 11 is 1.75. The lowest BCUT2D eigenvalue weighted by molar-refractivity contribution is 0.119. The largest absolute Gasteiger partial charge is 0.376 e. The summed E-state index contributed by atoms with van der Waals surface area (Å²) in [7, 11) is 0. The van der Waals surface area contributed by atoms with Gasteiger partial charge in [-0.1, -0.05) is 26.2 Å². The molecular formula is C12H21NOS. The molecule has 0 aliphatic heterocycles. The van der Waals surface area contributed by atoms with E-state index in [2.05, 4.69) is 19.1 Å². The number of unbranched alkanes of at least 4 members (excludes halogenated alkanes) is 3. The maximum absolute atomic E-state index is 5.59. The SMILES string of the molecule is CCCCCCOCc1ccc(CN)s1. The zero-order valence-electron chi connectivity index (χ0n) is 9.50. The molecule has 0 atom stereocenters. The molecule has 0 fully saturated rings. The summed E-state index contributed by atoms with van der Waals surface area (Å²) in [4.78, 5) is 2.52. The quantitative estimate of drug-likeness (QED) is 0.692. The Balaban J connectivity index is 2.04. The third-order valence-corrected chi connectivity index (χ3v) is 3.39. The minimum Gasteiger partial charge on any atom is -0.376 e. The standard InChI is InChI=1S/C12H21NOS/c1-2-3-4-5-8-14-10-12-7-6-11(9-13)15-12/h6-7H,2-5,8-10,13H2,1H3. The molecule has 1 aromatic rings. The summed E-state index contributed by atoms with van der Waals surface area (Å²) in [5.74, 6) is 0. The third kappa shape index (κ3) is 5.30. The van der Waals surface area contributed by atoms with Crippen LogP contribution in [0.25, 0.3) is 0 Å². The Bertz CT molecular complexity index is 260. The molecule has 1 heterocycles. The highest BCUT2D eigenvalue weighted by atomic mass is 32.1. The minimum atomic E-state index is 0.640. The molecule has 0 radical (unpaired) electrons. The van der Waals surface area contributed by atoms with Crippen LogP contribution in [0.3, 0.4) is 0 Å². The lowest BCUT2D eigenvalue weighted by atomic mass is 10.2. The summed E-state index contributed by atoms with van der Waals surface area (Å²) in [5, 5.41) is 0.